The van der Waals surface area contributed by atoms with Gasteiger partial charge in [0.1, 0.15) is 5.76 Å². The zero-order chi connectivity index (χ0) is 9.68. The smallest absolute Gasteiger partial charge is 0.183 e. The second-order valence-corrected chi connectivity index (χ2v) is 2.78. The Morgan fingerprint density at radius 1 is 1.77 bits per heavy atom. The Labute approximate surface area is 77.6 Å². The Balaban J connectivity index is 2.48. The first-order chi connectivity index (χ1) is 6.24. The summed E-state index contributed by atoms with van der Waals surface area (Å²) in [5.74, 6) is 0.831. The molecule has 0 aliphatic heterocycles. The molecule has 1 rings (SSSR count). The van der Waals surface area contributed by atoms with Gasteiger partial charge in [0, 0.05) is 6.92 Å². The van der Waals surface area contributed by atoms with Crippen LogP contribution in [-0.4, -0.2) is 17.0 Å². The van der Waals surface area contributed by atoms with Crippen molar-refractivity contribution in [1.82, 2.24) is 0 Å². The summed E-state index contributed by atoms with van der Waals surface area (Å²) in [5, 5.41) is 11.2. The van der Waals surface area contributed by atoms with Crippen molar-refractivity contribution in [2.75, 3.05) is 6.54 Å². The van der Waals surface area contributed by atoms with Gasteiger partial charge < -0.3 is 9.62 Å². The van der Waals surface area contributed by atoms with E-state index in [-0.39, 0.29) is 0 Å². The van der Waals surface area contributed by atoms with Gasteiger partial charge in [-0.3, -0.25) is 0 Å². The molecule has 0 fully saturated rings. The summed E-state index contributed by atoms with van der Waals surface area (Å²) >= 11 is 0. The van der Waals surface area contributed by atoms with Gasteiger partial charge in [-0.1, -0.05) is 6.58 Å². The first-order valence-corrected chi connectivity index (χ1v) is 4.17. The van der Waals surface area contributed by atoms with Crippen LogP contribution in [0.25, 0.3) is 0 Å². The Bertz CT molecular complexity index is 299. The lowest BCUT2D eigenvalue weighted by Crippen LogP contribution is -2.13. The van der Waals surface area contributed by atoms with Crippen LogP contribution in [0.5, 0.6) is 0 Å². The van der Waals surface area contributed by atoms with Gasteiger partial charge in [-0.2, -0.15) is 0 Å². The van der Waals surface area contributed by atoms with Crippen molar-refractivity contribution in [2.45, 2.75) is 13.3 Å². The molecule has 0 bridgehead atoms. The number of allylic oxidation sites excluding steroid dienone is 1. The van der Waals surface area contributed by atoms with E-state index in [1.165, 1.54) is 0 Å². The fourth-order valence-electron chi connectivity index (χ4n) is 0.945. The van der Waals surface area contributed by atoms with E-state index in [0.717, 1.165) is 10.5 Å². The van der Waals surface area contributed by atoms with Crippen molar-refractivity contribution >= 4 is 5.71 Å². The molecule has 0 saturated carbocycles. The molecule has 0 radical (unpaired) electrons. The zero-order valence-electron chi connectivity index (χ0n) is 7.69. The second kappa shape index (κ2) is 4.50. The summed E-state index contributed by atoms with van der Waals surface area (Å²) in [5.41, 5.74) is 0.631. The van der Waals surface area contributed by atoms with E-state index in [2.05, 4.69) is 6.58 Å². The number of rotatable bonds is 4. The van der Waals surface area contributed by atoms with Crippen molar-refractivity contribution in [1.29, 1.82) is 0 Å². The molecule has 0 aliphatic carbocycles. The minimum atomic E-state index is 0.408. The predicted molar refractivity (Wildman–Crippen MR) is 51.8 cm³/mol. The SMILES string of the molecule is C=C/C(C)=[N+](\[O-])CCc1ccco1. The van der Waals surface area contributed by atoms with E-state index in [0.29, 0.717) is 18.7 Å². The highest BCUT2D eigenvalue weighted by atomic mass is 16.5. The molecule has 3 nitrogen and oxygen atoms in total. The minimum Gasteiger partial charge on any atom is -0.624 e. The van der Waals surface area contributed by atoms with Crippen LogP contribution in [0.4, 0.5) is 0 Å². The normalized spacial score (nSPS) is 12.4. The molecule has 0 unspecified atom stereocenters. The van der Waals surface area contributed by atoms with Crippen LogP contribution in [0.15, 0.2) is 35.5 Å². The van der Waals surface area contributed by atoms with Crippen LogP contribution in [0.1, 0.15) is 12.7 Å². The number of hydrogen-bond acceptors (Lipinski definition) is 2. The maximum atomic E-state index is 11.2. The van der Waals surface area contributed by atoms with Crippen LogP contribution < -0.4 is 0 Å². The lowest BCUT2D eigenvalue weighted by atomic mass is 10.3. The van der Waals surface area contributed by atoms with Gasteiger partial charge in [-0.15, -0.1) is 0 Å². The highest BCUT2D eigenvalue weighted by molar-refractivity contribution is 5.87. The highest BCUT2D eigenvalue weighted by Crippen LogP contribution is 2.00. The van der Waals surface area contributed by atoms with Gasteiger partial charge in [0.15, 0.2) is 12.3 Å². The summed E-state index contributed by atoms with van der Waals surface area (Å²) < 4.78 is 6.01. The molecule has 1 heterocycles. The average Bonchev–Trinajstić information content (AvgIpc) is 2.65. The maximum absolute atomic E-state index is 11.2. The molecule has 0 saturated heterocycles. The third-order valence-electron chi connectivity index (χ3n) is 1.83. The van der Waals surface area contributed by atoms with E-state index in [1.54, 1.807) is 19.3 Å². The van der Waals surface area contributed by atoms with E-state index >= 15 is 0 Å². The molecule has 13 heavy (non-hydrogen) atoms. The summed E-state index contributed by atoms with van der Waals surface area (Å²) in [6.07, 6.45) is 3.78. The predicted octanol–water partition coefficient (Wildman–Crippen LogP) is 1.98. The minimum absolute atomic E-state index is 0.408. The standard InChI is InChI=1S/C10H13NO2/c1-3-9(2)11(12)7-6-10-5-4-8-13-10/h3-5,8H,1,6-7H2,2H3/b11-9-. The number of nitrogens with zero attached hydrogens (tertiary/aromatic N) is 1. The number of furan rings is 1. The third kappa shape index (κ3) is 2.78. The fraction of sp³-hybridized carbons (Fsp3) is 0.300. The monoisotopic (exact) mass is 179 g/mol. The topological polar surface area (TPSA) is 39.2 Å². The first-order valence-electron chi connectivity index (χ1n) is 4.17. The average molecular weight is 179 g/mol. The van der Waals surface area contributed by atoms with Crippen LogP contribution >= 0.6 is 0 Å². The van der Waals surface area contributed by atoms with Gasteiger partial charge in [0.05, 0.1) is 12.7 Å². The van der Waals surface area contributed by atoms with Gasteiger partial charge in [-0.05, 0) is 18.2 Å². The largest absolute Gasteiger partial charge is 0.624 e. The molecule has 70 valence electrons. The molecular formula is C10H13NO2. The molecule has 0 aromatic carbocycles. The van der Waals surface area contributed by atoms with Crippen molar-refractivity contribution in [3.63, 3.8) is 0 Å². The molecule has 1 aromatic rings. The van der Waals surface area contributed by atoms with Gasteiger partial charge in [0.2, 0.25) is 0 Å². The van der Waals surface area contributed by atoms with Gasteiger partial charge in [0.25, 0.3) is 0 Å². The zero-order valence-corrected chi connectivity index (χ0v) is 7.69. The number of hydroxylamine groups is 1. The van der Waals surface area contributed by atoms with Crippen molar-refractivity contribution < 1.29 is 9.16 Å². The third-order valence-corrected chi connectivity index (χ3v) is 1.83. The Morgan fingerprint density at radius 3 is 3.08 bits per heavy atom. The molecule has 1 aromatic heterocycles. The van der Waals surface area contributed by atoms with E-state index in [4.69, 9.17) is 4.42 Å². The van der Waals surface area contributed by atoms with Crippen molar-refractivity contribution in [3.8, 4) is 0 Å². The van der Waals surface area contributed by atoms with Crippen LogP contribution in [-0.2, 0) is 6.42 Å². The van der Waals surface area contributed by atoms with Crippen molar-refractivity contribution in [3.05, 3.63) is 42.0 Å². The lowest BCUT2D eigenvalue weighted by molar-refractivity contribution is -0.457. The quantitative estimate of drug-likeness (QED) is 0.307. The summed E-state index contributed by atoms with van der Waals surface area (Å²) in [7, 11) is 0. The molecule has 0 spiro atoms. The first kappa shape index (κ1) is 9.58. The van der Waals surface area contributed by atoms with Crippen LogP contribution in [0.2, 0.25) is 0 Å². The molecular weight excluding hydrogens is 166 g/mol. The Morgan fingerprint density at radius 2 is 2.54 bits per heavy atom. The van der Waals surface area contributed by atoms with Gasteiger partial charge >= 0.3 is 0 Å². The molecule has 0 atom stereocenters. The fourth-order valence-corrected chi connectivity index (χ4v) is 0.945. The van der Waals surface area contributed by atoms with Gasteiger partial charge in [-0.25, -0.2) is 4.74 Å². The van der Waals surface area contributed by atoms with E-state index in [9.17, 15) is 5.21 Å². The van der Waals surface area contributed by atoms with E-state index in [1.807, 2.05) is 12.1 Å². The van der Waals surface area contributed by atoms with Crippen LogP contribution in [0.3, 0.4) is 0 Å². The van der Waals surface area contributed by atoms with Crippen molar-refractivity contribution in [2.24, 2.45) is 0 Å². The molecule has 3 heteroatoms. The lowest BCUT2D eigenvalue weighted by Gasteiger charge is -2.04. The summed E-state index contributed by atoms with van der Waals surface area (Å²) in [6, 6.07) is 3.67. The number of hydrogen-bond donors (Lipinski definition) is 0. The molecule has 0 aliphatic rings. The highest BCUT2D eigenvalue weighted by Gasteiger charge is 2.01. The van der Waals surface area contributed by atoms with Crippen LogP contribution in [0, 0.1) is 5.21 Å². The maximum Gasteiger partial charge on any atom is 0.183 e. The Kier molecular flexibility index (Phi) is 3.31. The second-order valence-electron chi connectivity index (χ2n) is 2.78. The molecule has 0 N–H and O–H groups in total. The Hall–Kier alpha value is -1.51. The molecule has 0 amide bonds. The summed E-state index contributed by atoms with van der Waals surface area (Å²) in [6.45, 7) is 5.67. The van der Waals surface area contributed by atoms with E-state index < -0.39 is 0 Å². The summed E-state index contributed by atoms with van der Waals surface area (Å²) in [4.78, 5) is 0.